The summed E-state index contributed by atoms with van der Waals surface area (Å²) in [5, 5.41) is 8.93. The number of rotatable bonds is 2. The van der Waals surface area contributed by atoms with E-state index in [0.29, 0.717) is 15.4 Å². The fourth-order valence-corrected chi connectivity index (χ4v) is 2.13. The van der Waals surface area contributed by atoms with Crippen molar-refractivity contribution in [2.24, 2.45) is 5.92 Å². The van der Waals surface area contributed by atoms with Crippen LogP contribution in [0.5, 0.6) is 0 Å². The number of aliphatic carboxylic acids is 1. The summed E-state index contributed by atoms with van der Waals surface area (Å²) in [7, 11) is 0. The summed E-state index contributed by atoms with van der Waals surface area (Å²) in [6.45, 7) is 4.08. The number of alkyl halides is 1. The van der Waals surface area contributed by atoms with E-state index in [-0.39, 0.29) is 0 Å². The van der Waals surface area contributed by atoms with E-state index in [1.807, 2.05) is 19.9 Å². The lowest BCUT2D eigenvalue weighted by atomic mass is 9.89. The van der Waals surface area contributed by atoms with Crippen molar-refractivity contribution >= 4 is 28.6 Å². The van der Waals surface area contributed by atoms with E-state index in [2.05, 4.69) is 22.6 Å². The summed E-state index contributed by atoms with van der Waals surface area (Å²) in [5.41, 5.74) is 1.55. The highest BCUT2D eigenvalue weighted by molar-refractivity contribution is 14.1. The van der Waals surface area contributed by atoms with Crippen molar-refractivity contribution in [3.8, 4) is 0 Å². The van der Waals surface area contributed by atoms with E-state index in [1.165, 1.54) is 0 Å². The topological polar surface area (TPSA) is 37.3 Å². The van der Waals surface area contributed by atoms with Crippen LogP contribution in [-0.2, 0) is 4.79 Å². The molecule has 1 unspecified atom stereocenters. The minimum Gasteiger partial charge on any atom is -0.478 e. The van der Waals surface area contributed by atoms with Gasteiger partial charge in [-0.2, -0.15) is 0 Å². The molecule has 0 fully saturated rings. The van der Waals surface area contributed by atoms with E-state index >= 15 is 0 Å². The molecule has 0 amide bonds. The lowest BCUT2D eigenvalue weighted by molar-refractivity contribution is -0.132. The van der Waals surface area contributed by atoms with Crippen LogP contribution in [0.4, 0.5) is 0 Å². The molecule has 0 radical (unpaired) electrons. The monoisotopic (exact) mass is 292 g/mol. The standard InChI is InChI=1S/C10H13IO2/c1-6(2)9-5-7(11)3-4-8(9)10(12)13/h3-4,6-7H,5H2,1-2H3,(H,12,13). The van der Waals surface area contributed by atoms with Gasteiger partial charge in [0, 0.05) is 3.92 Å². The molecule has 0 aromatic heterocycles. The number of hydrogen-bond acceptors (Lipinski definition) is 1. The van der Waals surface area contributed by atoms with Crippen molar-refractivity contribution in [1.82, 2.24) is 0 Å². The molecule has 1 aliphatic rings. The lowest BCUT2D eigenvalue weighted by Gasteiger charge is -2.19. The molecular formula is C10H13IO2. The first-order valence-electron chi connectivity index (χ1n) is 4.31. The average Bonchev–Trinajstić information content (AvgIpc) is 2.03. The van der Waals surface area contributed by atoms with Gasteiger partial charge in [0.1, 0.15) is 0 Å². The number of carboxylic acids is 1. The van der Waals surface area contributed by atoms with Gasteiger partial charge >= 0.3 is 5.97 Å². The molecule has 0 aromatic rings. The van der Waals surface area contributed by atoms with Gasteiger partial charge in [-0.3, -0.25) is 0 Å². The zero-order chi connectivity index (χ0) is 10.0. The van der Waals surface area contributed by atoms with Gasteiger partial charge in [0.2, 0.25) is 0 Å². The first kappa shape index (κ1) is 10.8. The van der Waals surface area contributed by atoms with Gasteiger partial charge in [-0.1, -0.05) is 54.2 Å². The Hall–Kier alpha value is -0.320. The van der Waals surface area contributed by atoms with Gasteiger partial charge in [0.15, 0.2) is 0 Å². The molecule has 1 N–H and O–H groups in total. The first-order chi connectivity index (χ1) is 6.02. The van der Waals surface area contributed by atoms with Gasteiger partial charge in [0.25, 0.3) is 0 Å². The van der Waals surface area contributed by atoms with Gasteiger partial charge in [0.05, 0.1) is 5.57 Å². The molecule has 0 saturated carbocycles. The van der Waals surface area contributed by atoms with Crippen LogP contribution in [0, 0.1) is 5.92 Å². The summed E-state index contributed by atoms with van der Waals surface area (Å²) in [4.78, 5) is 10.9. The number of carboxylic acid groups (broad SMARTS) is 1. The fourth-order valence-electron chi connectivity index (χ4n) is 1.45. The van der Waals surface area contributed by atoms with Crippen LogP contribution < -0.4 is 0 Å². The van der Waals surface area contributed by atoms with Gasteiger partial charge in [-0.15, -0.1) is 0 Å². The third-order valence-electron chi connectivity index (χ3n) is 2.16. The first-order valence-corrected chi connectivity index (χ1v) is 5.55. The average molecular weight is 292 g/mol. The molecule has 1 rings (SSSR count). The molecule has 3 heteroatoms. The second-order valence-electron chi connectivity index (χ2n) is 3.48. The molecule has 0 saturated heterocycles. The Morgan fingerprint density at radius 2 is 2.31 bits per heavy atom. The van der Waals surface area contributed by atoms with Gasteiger partial charge in [-0.05, 0) is 12.3 Å². The van der Waals surface area contributed by atoms with Crippen molar-refractivity contribution in [3.63, 3.8) is 0 Å². The van der Waals surface area contributed by atoms with Crippen molar-refractivity contribution in [3.05, 3.63) is 23.3 Å². The summed E-state index contributed by atoms with van der Waals surface area (Å²) in [6, 6.07) is 0. The molecule has 0 spiro atoms. The number of hydrogen-bond donors (Lipinski definition) is 1. The quantitative estimate of drug-likeness (QED) is 0.627. The molecule has 1 atom stereocenters. The van der Waals surface area contributed by atoms with E-state index in [4.69, 9.17) is 5.11 Å². The molecule has 13 heavy (non-hydrogen) atoms. The highest BCUT2D eigenvalue weighted by Gasteiger charge is 2.20. The molecule has 0 aromatic carbocycles. The predicted molar refractivity (Wildman–Crippen MR) is 61.1 cm³/mol. The SMILES string of the molecule is CC(C)C1=C(C(=O)O)C=CC(I)C1. The van der Waals surface area contributed by atoms with Crippen molar-refractivity contribution in [2.75, 3.05) is 0 Å². The van der Waals surface area contributed by atoms with Gasteiger partial charge in [-0.25, -0.2) is 4.79 Å². The maximum Gasteiger partial charge on any atom is 0.335 e. The Balaban J connectivity index is 3.02. The Morgan fingerprint density at radius 1 is 1.69 bits per heavy atom. The summed E-state index contributed by atoms with van der Waals surface area (Å²) < 4.78 is 0.443. The van der Waals surface area contributed by atoms with Crippen LogP contribution in [0.25, 0.3) is 0 Å². The smallest absolute Gasteiger partial charge is 0.335 e. The zero-order valence-corrected chi connectivity index (χ0v) is 9.91. The van der Waals surface area contributed by atoms with Crippen LogP contribution in [0.1, 0.15) is 20.3 Å². The highest BCUT2D eigenvalue weighted by Crippen LogP contribution is 2.29. The molecule has 0 heterocycles. The predicted octanol–water partition coefficient (Wildman–Crippen LogP) is 2.79. The fraction of sp³-hybridized carbons (Fsp3) is 0.500. The van der Waals surface area contributed by atoms with Crippen molar-refractivity contribution in [1.29, 1.82) is 0 Å². The Labute approximate surface area is 91.9 Å². The molecule has 0 aliphatic heterocycles. The zero-order valence-electron chi connectivity index (χ0n) is 7.75. The maximum atomic E-state index is 10.9. The Morgan fingerprint density at radius 3 is 2.77 bits per heavy atom. The van der Waals surface area contributed by atoms with Gasteiger partial charge < -0.3 is 5.11 Å². The summed E-state index contributed by atoms with van der Waals surface area (Å²) in [6.07, 6.45) is 4.56. The van der Waals surface area contributed by atoms with Crippen LogP contribution in [0.3, 0.4) is 0 Å². The summed E-state index contributed by atoms with van der Waals surface area (Å²) in [5.74, 6) is -0.475. The second-order valence-corrected chi connectivity index (χ2v) is 5.08. The normalized spacial score (nSPS) is 22.6. The second kappa shape index (κ2) is 4.26. The van der Waals surface area contributed by atoms with Crippen LogP contribution in [0.2, 0.25) is 0 Å². The van der Waals surface area contributed by atoms with E-state index in [0.717, 1.165) is 12.0 Å². The van der Waals surface area contributed by atoms with Crippen LogP contribution in [-0.4, -0.2) is 15.0 Å². The molecule has 0 bridgehead atoms. The minimum absolute atomic E-state index is 0.327. The Kier molecular flexibility index (Phi) is 3.53. The van der Waals surface area contributed by atoms with Crippen LogP contribution in [0.15, 0.2) is 23.3 Å². The molecule has 72 valence electrons. The summed E-state index contributed by atoms with van der Waals surface area (Å²) >= 11 is 2.32. The van der Waals surface area contributed by atoms with E-state index < -0.39 is 5.97 Å². The number of carbonyl (C=O) groups is 1. The van der Waals surface area contributed by atoms with Crippen molar-refractivity contribution < 1.29 is 9.90 Å². The Bertz CT molecular complexity index is 277. The molecule has 2 nitrogen and oxygen atoms in total. The minimum atomic E-state index is -0.803. The number of allylic oxidation sites excluding steroid dienone is 2. The third-order valence-corrected chi connectivity index (χ3v) is 3.02. The largest absolute Gasteiger partial charge is 0.478 e. The third kappa shape index (κ3) is 2.56. The highest BCUT2D eigenvalue weighted by atomic mass is 127. The van der Waals surface area contributed by atoms with Crippen LogP contribution >= 0.6 is 22.6 Å². The molecule has 1 aliphatic carbocycles. The lowest BCUT2D eigenvalue weighted by Crippen LogP contribution is -2.13. The maximum absolute atomic E-state index is 10.9. The molecular weight excluding hydrogens is 279 g/mol. The number of halogens is 1. The van der Waals surface area contributed by atoms with E-state index in [1.54, 1.807) is 6.08 Å². The van der Waals surface area contributed by atoms with Crippen molar-refractivity contribution in [2.45, 2.75) is 24.2 Å². The van der Waals surface area contributed by atoms with E-state index in [9.17, 15) is 4.79 Å².